The Morgan fingerprint density at radius 1 is 1.35 bits per heavy atom. The zero-order valence-corrected chi connectivity index (χ0v) is 10.5. The number of anilines is 1. The van der Waals surface area contributed by atoms with E-state index in [4.69, 9.17) is 5.73 Å². The molecule has 1 fully saturated rings. The molecular weight excluding hydrogens is 212 g/mol. The number of benzene rings is 1. The summed E-state index contributed by atoms with van der Waals surface area (Å²) in [6, 6.07) is 8.41. The molecule has 2 N–H and O–H groups in total. The van der Waals surface area contributed by atoms with Crippen molar-refractivity contribution in [3.8, 4) is 0 Å². The summed E-state index contributed by atoms with van der Waals surface area (Å²) < 4.78 is 0. The SMILES string of the molecule is CC(C)C(=O)N(c1ccc(CN)cc1)C1CC1. The van der Waals surface area contributed by atoms with E-state index in [-0.39, 0.29) is 11.8 Å². The lowest BCUT2D eigenvalue weighted by Gasteiger charge is -2.24. The number of carbonyl (C=O) groups excluding carboxylic acids is 1. The summed E-state index contributed by atoms with van der Waals surface area (Å²) in [6.45, 7) is 4.44. The van der Waals surface area contributed by atoms with Crippen LogP contribution in [0.2, 0.25) is 0 Å². The van der Waals surface area contributed by atoms with Crippen molar-refractivity contribution in [3.63, 3.8) is 0 Å². The van der Waals surface area contributed by atoms with Gasteiger partial charge in [-0.15, -0.1) is 0 Å². The zero-order chi connectivity index (χ0) is 12.4. The standard InChI is InChI=1S/C14H20N2O/c1-10(2)14(17)16(13-7-8-13)12-5-3-11(9-15)4-6-12/h3-6,10,13H,7-9,15H2,1-2H3. The van der Waals surface area contributed by atoms with E-state index in [2.05, 4.69) is 0 Å². The molecule has 1 aliphatic rings. The number of rotatable bonds is 4. The fraction of sp³-hybridized carbons (Fsp3) is 0.500. The van der Waals surface area contributed by atoms with E-state index >= 15 is 0 Å². The van der Waals surface area contributed by atoms with E-state index in [0.717, 1.165) is 24.1 Å². The molecular formula is C14H20N2O. The van der Waals surface area contributed by atoms with Gasteiger partial charge in [0.25, 0.3) is 0 Å². The van der Waals surface area contributed by atoms with Crippen LogP contribution in [0.5, 0.6) is 0 Å². The first kappa shape index (κ1) is 12.1. The van der Waals surface area contributed by atoms with E-state index < -0.39 is 0 Å². The molecule has 0 heterocycles. The van der Waals surface area contributed by atoms with Crippen LogP contribution in [0.3, 0.4) is 0 Å². The Kier molecular flexibility index (Phi) is 3.48. The highest BCUT2D eigenvalue weighted by Gasteiger charge is 2.34. The number of hydrogen-bond acceptors (Lipinski definition) is 2. The van der Waals surface area contributed by atoms with Gasteiger partial charge in [0.05, 0.1) is 0 Å². The lowest BCUT2D eigenvalue weighted by Crippen LogP contribution is -2.36. The van der Waals surface area contributed by atoms with Gasteiger partial charge < -0.3 is 10.6 Å². The minimum atomic E-state index is 0.0461. The average molecular weight is 232 g/mol. The predicted molar refractivity (Wildman–Crippen MR) is 69.7 cm³/mol. The highest BCUT2D eigenvalue weighted by Crippen LogP contribution is 2.33. The van der Waals surface area contributed by atoms with E-state index in [9.17, 15) is 4.79 Å². The van der Waals surface area contributed by atoms with Crippen molar-refractivity contribution in [3.05, 3.63) is 29.8 Å². The minimum Gasteiger partial charge on any atom is -0.326 e. The predicted octanol–water partition coefficient (Wildman–Crippen LogP) is 2.30. The van der Waals surface area contributed by atoms with Gasteiger partial charge in [-0.25, -0.2) is 0 Å². The summed E-state index contributed by atoms with van der Waals surface area (Å²) in [5, 5.41) is 0. The third-order valence-corrected chi connectivity index (χ3v) is 3.09. The molecule has 1 aliphatic carbocycles. The number of amides is 1. The molecule has 1 amide bonds. The van der Waals surface area contributed by atoms with E-state index in [1.54, 1.807) is 0 Å². The Labute approximate surface area is 103 Å². The van der Waals surface area contributed by atoms with Gasteiger partial charge in [-0.3, -0.25) is 4.79 Å². The molecule has 0 spiro atoms. The lowest BCUT2D eigenvalue weighted by molar-refractivity contribution is -0.121. The van der Waals surface area contributed by atoms with Crippen LogP contribution in [0, 0.1) is 5.92 Å². The average Bonchev–Trinajstić information content (AvgIpc) is 3.14. The van der Waals surface area contributed by atoms with Crippen molar-refractivity contribution in [2.45, 2.75) is 39.3 Å². The zero-order valence-electron chi connectivity index (χ0n) is 10.5. The van der Waals surface area contributed by atoms with Crippen molar-refractivity contribution in [1.29, 1.82) is 0 Å². The van der Waals surface area contributed by atoms with Gasteiger partial charge in [0.2, 0.25) is 5.91 Å². The van der Waals surface area contributed by atoms with Crippen LogP contribution in [0.15, 0.2) is 24.3 Å². The Morgan fingerprint density at radius 3 is 2.35 bits per heavy atom. The second-order valence-electron chi connectivity index (χ2n) is 4.96. The van der Waals surface area contributed by atoms with Crippen LogP contribution in [0.4, 0.5) is 5.69 Å². The second kappa shape index (κ2) is 4.88. The normalized spacial score (nSPS) is 15.1. The van der Waals surface area contributed by atoms with Gasteiger partial charge in [0.1, 0.15) is 0 Å². The number of hydrogen-bond donors (Lipinski definition) is 1. The monoisotopic (exact) mass is 232 g/mol. The Morgan fingerprint density at radius 2 is 1.94 bits per heavy atom. The van der Waals surface area contributed by atoms with Crippen LogP contribution >= 0.6 is 0 Å². The molecule has 0 bridgehead atoms. The maximum atomic E-state index is 12.2. The van der Waals surface area contributed by atoms with Gasteiger partial charge in [0, 0.05) is 24.2 Å². The van der Waals surface area contributed by atoms with Gasteiger partial charge in [-0.1, -0.05) is 26.0 Å². The summed E-state index contributed by atoms with van der Waals surface area (Å²) in [7, 11) is 0. The van der Waals surface area contributed by atoms with Gasteiger partial charge in [-0.2, -0.15) is 0 Å². The second-order valence-corrected chi connectivity index (χ2v) is 4.96. The molecule has 2 rings (SSSR count). The molecule has 0 aromatic heterocycles. The molecule has 0 radical (unpaired) electrons. The van der Waals surface area contributed by atoms with Crippen LogP contribution in [-0.2, 0) is 11.3 Å². The molecule has 1 aromatic carbocycles. The topological polar surface area (TPSA) is 46.3 Å². The van der Waals surface area contributed by atoms with Crippen molar-refractivity contribution in [2.24, 2.45) is 11.7 Å². The highest BCUT2D eigenvalue weighted by molar-refractivity contribution is 5.95. The van der Waals surface area contributed by atoms with E-state index in [1.807, 2.05) is 43.0 Å². The summed E-state index contributed by atoms with van der Waals surface area (Å²) in [5.74, 6) is 0.262. The third kappa shape index (κ3) is 2.67. The van der Waals surface area contributed by atoms with Crippen LogP contribution < -0.4 is 10.6 Å². The van der Waals surface area contributed by atoms with Gasteiger partial charge in [-0.05, 0) is 30.5 Å². The van der Waals surface area contributed by atoms with Gasteiger partial charge in [0.15, 0.2) is 0 Å². The molecule has 17 heavy (non-hydrogen) atoms. The summed E-state index contributed by atoms with van der Waals surface area (Å²) in [4.78, 5) is 14.1. The number of nitrogens with zero attached hydrogens (tertiary/aromatic N) is 1. The third-order valence-electron chi connectivity index (χ3n) is 3.09. The maximum absolute atomic E-state index is 12.2. The van der Waals surface area contributed by atoms with E-state index in [1.165, 1.54) is 0 Å². The molecule has 0 atom stereocenters. The molecule has 0 aliphatic heterocycles. The molecule has 1 aromatic rings. The number of nitrogens with two attached hydrogens (primary N) is 1. The van der Waals surface area contributed by atoms with Crippen LogP contribution in [0.25, 0.3) is 0 Å². The molecule has 92 valence electrons. The largest absolute Gasteiger partial charge is 0.326 e. The molecule has 1 saturated carbocycles. The lowest BCUT2D eigenvalue weighted by atomic mass is 10.1. The van der Waals surface area contributed by atoms with Gasteiger partial charge >= 0.3 is 0 Å². The fourth-order valence-corrected chi connectivity index (χ4v) is 1.92. The van der Waals surface area contributed by atoms with Crippen molar-refractivity contribution >= 4 is 11.6 Å². The first-order chi connectivity index (χ1) is 8.13. The van der Waals surface area contributed by atoms with E-state index in [0.29, 0.717) is 12.6 Å². The van der Waals surface area contributed by atoms with Crippen molar-refractivity contribution in [2.75, 3.05) is 4.90 Å². The smallest absolute Gasteiger partial charge is 0.229 e. The number of carbonyl (C=O) groups is 1. The fourth-order valence-electron chi connectivity index (χ4n) is 1.92. The van der Waals surface area contributed by atoms with Crippen molar-refractivity contribution < 1.29 is 4.79 Å². The van der Waals surface area contributed by atoms with Crippen molar-refractivity contribution in [1.82, 2.24) is 0 Å². The molecule has 3 nitrogen and oxygen atoms in total. The maximum Gasteiger partial charge on any atom is 0.229 e. The quantitative estimate of drug-likeness (QED) is 0.865. The summed E-state index contributed by atoms with van der Waals surface area (Å²) >= 11 is 0. The molecule has 0 saturated heterocycles. The van der Waals surface area contributed by atoms with Crippen LogP contribution in [0.1, 0.15) is 32.3 Å². The first-order valence-electron chi connectivity index (χ1n) is 6.25. The Balaban J connectivity index is 2.23. The minimum absolute atomic E-state index is 0.0461. The Bertz CT molecular complexity index is 393. The molecule has 0 unspecified atom stereocenters. The highest BCUT2D eigenvalue weighted by atomic mass is 16.2. The first-order valence-corrected chi connectivity index (χ1v) is 6.25. The summed E-state index contributed by atoms with van der Waals surface area (Å²) in [6.07, 6.45) is 2.24. The Hall–Kier alpha value is -1.35. The van der Waals surface area contributed by atoms with Crippen LogP contribution in [-0.4, -0.2) is 11.9 Å². The molecule has 3 heteroatoms. The summed E-state index contributed by atoms with van der Waals surface area (Å²) in [5.41, 5.74) is 7.68.